The van der Waals surface area contributed by atoms with Gasteiger partial charge in [0.15, 0.2) is 0 Å². The van der Waals surface area contributed by atoms with E-state index in [9.17, 15) is 0 Å². The molecule has 0 N–H and O–H groups in total. The van der Waals surface area contributed by atoms with Gasteiger partial charge in [-0.1, -0.05) is 127 Å². The van der Waals surface area contributed by atoms with Crippen LogP contribution in [0.25, 0.3) is 86.2 Å². The molecule has 0 aliphatic rings. The van der Waals surface area contributed by atoms with Crippen molar-refractivity contribution >= 4 is 75.0 Å². The van der Waals surface area contributed by atoms with Crippen molar-refractivity contribution in [3.05, 3.63) is 157 Å². The Morgan fingerprint density at radius 1 is 0.623 bits per heavy atom. The molecule has 0 amide bonds. The van der Waals surface area contributed by atoms with Crippen LogP contribution in [0.1, 0.15) is 52.0 Å². The molecule has 3 nitrogen and oxygen atoms in total. The quantitative estimate of drug-likeness (QED) is 0.131. The Bertz CT molecular complexity index is 2990. The van der Waals surface area contributed by atoms with Crippen LogP contribution >= 0.6 is 11.3 Å². The minimum atomic E-state index is -0.634. The van der Waals surface area contributed by atoms with Crippen LogP contribution in [0, 0.1) is 12.1 Å². The maximum Gasteiger partial charge on any atom is 0.122 e. The molecule has 0 saturated heterocycles. The van der Waals surface area contributed by atoms with E-state index in [0.29, 0.717) is 5.92 Å². The number of aromatic nitrogens is 2. The number of nitrogens with zero attached hydrogens (tertiary/aromatic N) is 2. The van der Waals surface area contributed by atoms with Gasteiger partial charge >= 0.3 is 0 Å². The number of thiophene rings is 1. The standard InChI is InChI=1S/C26H18NOS.C22H18N.Ir/c1-15(2)16-10-11-27-22(12-16)19-8-5-7-18-20-13-21-17-6-3-4-9-24(17)29-25(21)14-23(20)28-26(18)19;1-15(2)17-11-12-23-22(14-17)19-9-10-21-18(13-19)8-7-16-5-3-4-6-20(16)21;/h3-7,9-15H,1-2H3;3-8,10-15H,1-2H3;/q2*-1;/i;15D;. The zero-order valence-corrected chi connectivity index (χ0v) is 33.0. The van der Waals surface area contributed by atoms with E-state index >= 15 is 0 Å². The maximum absolute atomic E-state index is 8.22. The Kier molecular flexibility index (Phi) is 9.09. The monoisotopic (exact) mass is 882 g/mol. The Morgan fingerprint density at radius 2 is 1.36 bits per heavy atom. The molecule has 1 radical (unpaired) electrons. The molecular weight excluding hydrogens is 845 g/mol. The molecule has 0 unspecified atom stereocenters. The molecule has 4 heterocycles. The van der Waals surface area contributed by atoms with E-state index in [2.05, 4.69) is 133 Å². The van der Waals surface area contributed by atoms with Gasteiger partial charge in [-0.15, -0.1) is 58.7 Å². The molecule has 6 aromatic carbocycles. The van der Waals surface area contributed by atoms with E-state index in [4.69, 9.17) is 5.79 Å². The van der Waals surface area contributed by atoms with Crippen molar-refractivity contribution in [1.29, 1.82) is 0 Å². The SMILES string of the molecule is CC(C)c1ccnc(-c2[c-]ccc3c2oc2cc4sc5ccccc5c4cc23)c1.[2H]C(C)(C)c1ccnc(-c2[c-]cc3c(ccc4ccccc43)c2)c1.[Ir]. The number of benzene rings is 6. The van der Waals surface area contributed by atoms with Gasteiger partial charge in [0, 0.05) is 59.4 Å². The Balaban J connectivity index is 0.000000153. The minimum absolute atomic E-state index is 0. The second-order valence-corrected chi connectivity index (χ2v) is 14.9. The normalized spacial score (nSPS) is 12.1. The van der Waals surface area contributed by atoms with Gasteiger partial charge in [0.25, 0.3) is 0 Å². The second kappa shape index (κ2) is 14.3. The van der Waals surface area contributed by atoms with Gasteiger partial charge in [0.1, 0.15) is 5.58 Å². The Hall–Kier alpha value is -5.19. The van der Waals surface area contributed by atoms with Crippen LogP contribution in [0.2, 0.25) is 0 Å². The molecule has 0 aliphatic carbocycles. The third kappa shape index (κ3) is 6.44. The van der Waals surface area contributed by atoms with Crippen LogP contribution < -0.4 is 0 Å². The van der Waals surface area contributed by atoms with Crippen molar-refractivity contribution in [3.63, 3.8) is 0 Å². The predicted molar refractivity (Wildman–Crippen MR) is 220 cm³/mol. The first-order chi connectivity index (χ1) is 25.7. The number of furan rings is 1. The van der Waals surface area contributed by atoms with Crippen molar-refractivity contribution in [1.82, 2.24) is 9.97 Å². The van der Waals surface area contributed by atoms with Gasteiger partial charge < -0.3 is 14.4 Å². The molecule has 0 atom stereocenters. The average molecular weight is 882 g/mol. The van der Waals surface area contributed by atoms with Crippen LogP contribution in [0.4, 0.5) is 0 Å². The molecule has 0 spiro atoms. The molecule has 0 fully saturated rings. The topological polar surface area (TPSA) is 38.9 Å². The van der Waals surface area contributed by atoms with Crippen LogP contribution in [0.15, 0.2) is 138 Å². The number of rotatable bonds is 4. The first kappa shape index (κ1) is 33.6. The van der Waals surface area contributed by atoms with Gasteiger partial charge in [-0.2, -0.15) is 0 Å². The van der Waals surface area contributed by atoms with E-state index in [0.717, 1.165) is 50.0 Å². The van der Waals surface area contributed by atoms with Crippen LogP contribution in [0.3, 0.4) is 0 Å². The number of hydrogen-bond acceptors (Lipinski definition) is 4. The minimum Gasteiger partial charge on any atom is -0.501 e. The molecule has 10 aromatic rings. The Labute approximate surface area is 328 Å². The third-order valence-electron chi connectivity index (χ3n) is 9.93. The summed E-state index contributed by atoms with van der Waals surface area (Å²) in [6, 6.07) is 48.8. The first-order valence-electron chi connectivity index (χ1n) is 18.2. The van der Waals surface area contributed by atoms with Gasteiger partial charge in [0.2, 0.25) is 0 Å². The summed E-state index contributed by atoms with van der Waals surface area (Å²) >= 11 is 1.81. The van der Waals surface area contributed by atoms with Crippen LogP contribution in [-0.2, 0) is 20.1 Å². The summed E-state index contributed by atoms with van der Waals surface area (Å²) in [5.74, 6) is -0.184. The van der Waals surface area contributed by atoms with Crippen molar-refractivity contribution in [2.75, 3.05) is 0 Å². The van der Waals surface area contributed by atoms with Crippen molar-refractivity contribution in [2.45, 2.75) is 39.5 Å². The summed E-state index contributed by atoms with van der Waals surface area (Å²) in [5, 5.41) is 9.71. The first-order valence-corrected chi connectivity index (χ1v) is 18.5. The fraction of sp³-hybridized carbons (Fsp3) is 0.125. The van der Waals surface area contributed by atoms with Crippen LogP contribution in [0.5, 0.6) is 0 Å². The second-order valence-electron chi connectivity index (χ2n) is 13.8. The molecule has 5 heteroatoms. The molecule has 0 saturated carbocycles. The van der Waals surface area contributed by atoms with E-state index in [-0.39, 0.29) is 20.1 Å². The summed E-state index contributed by atoms with van der Waals surface area (Å²) in [5.41, 5.74) is 7.66. The van der Waals surface area contributed by atoms with Gasteiger partial charge in [-0.05, 0) is 58.9 Å². The van der Waals surface area contributed by atoms with E-state index < -0.39 is 5.89 Å². The molecule has 10 rings (SSSR count). The van der Waals surface area contributed by atoms with Gasteiger partial charge in [-0.3, -0.25) is 0 Å². The van der Waals surface area contributed by atoms with Gasteiger partial charge in [-0.25, -0.2) is 0 Å². The van der Waals surface area contributed by atoms with Crippen molar-refractivity contribution in [3.8, 4) is 22.5 Å². The third-order valence-corrected chi connectivity index (χ3v) is 11.1. The molecular formula is C48H36IrN2OS-2. The predicted octanol–water partition coefficient (Wildman–Crippen LogP) is 13.9. The fourth-order valence-electron chi connectivity index (χ4n) is 7.08. The van der Waals surface area contributed by atoms with Gasteiger partial charge in [0.05, 0.1) is 5.58 Å². The van der Waals surface area contributed by atoms with E-state index in [1.807, 2.05) is 55.6 Å². The average Bonchev–Trinajstić information content (AvgIpc) is 3.74. The molecule has 4 aromatic heterocycles. The smallest absolute Gasteiger partial charge is 0.122 e. The fourth-order valence-corrected chi connectivity index (χ4v) is 8.19. The van der Waals surface area contributed by atoms with Crippen LogP contribution in [-0.4, -0.2) is 9.97 Å². The summed E-state index contributed by atoms with van der Waals surface area (Å²) in [4.78, 5) is 9.09. The summed E-state index contributed by atoms with van der Waals surface area (Å²) in [7, 11) is 0. The zero-order valence-electron chi connectivity index (χ0n) is 30.8. The largest absolute Gasteiger partial charge is 0.501 e. The summed E-state index contributed by atoms with van der Waals surface area (Å²) < 4.78 is 17.2. The zero-order chi connectivity index (χ0) is 36.3. The number of fused-ring (bicyclic) bond motifs is 9. The molecule has 0 aliphatic heterocycles. The number of pyridine rings is 2. The van der Waals surface area contributed by atoms with E-state index in [1.165, 1.54) is 47.3 Å². The summed E-state index contributed by atoms with van der Waals surface area (Å²) in [6.07, 6.45) is 3.65. The van der Waals surface area contributed by atoms with E-state index in [1.54, 1.807) is 6.20 Å². The number of hydrogen-bond donors (Lipinski definition) is 0. The molecule has 0 bridgehead atoms. The molecule has 261 valence electrons. The Morgan fingerprint density at radius 3 is 2.19 bits per heavy atom. The van der Waals surface area contributed by atoms with Crippen molar-refractivity contribution in [2.24, 2.45) is 0 Å². The maximum atomic E-state index is 8.22. The summed E-state index contributed by atoms with van der Waals surface area (Å²) in [6.45, 7) is 8.17. The molecule has 53 heavy (non-hydrogen) atoms. The van der Waals surface area contributed by atoms with Crippen molar-refractivity contribution < 1.29 is 25.9 Å².